The summed E-state index contributed by atoms with van der Waals surface area (Å²) in [6, 6.07) is 0.720. The summed E-state index contributed by atoms with van der Waals surface area (Å²) in [6.45, 7) is 4.27. The summed E-state index contributed by atoms with van der Waals surface area (Å²) >= 11 is 0. The predicted molar refractivity (Wildman–Crippen MR) is 59.4 cm³/mol. The molecule has 2 rings (SSSR count). The molecule has 15 heavy (non-hydrogen) atoms. The van der Waals surface area contributed by atoms with Crippen LogP contribution in [0.25, 0.3) is 0 Å². The molecule has 1 N–H and O–H groups in total. The lowest BCUT2D eigenvalue weighted by Gasteiger charge is -2.27. The van der Waals surface area contributed by atoms with Crippen LogP contribution in [0.3, 0.4) is 0 Å². The summed E-state index contributed by atoms with van der Waals surface area (Å²) in [5.41, 5.74) is 0. The van der Waals surface area contributed by atoms with Crippen molar-refractivity contribution in [1.82, 2.24) is 20.3 Å². The van der Waals surface area contributed by atoms with E-state index in [9.17, 15) is 0 Å². The minimum atomic E-state index is 0.720. The molecule has 2 unspecified atom stereocenters. The van der Waals surface area contributed by atoms with E-state index in [2.05, 4.69) is 22.6 Å². The van der Waals surface area contributed by atoms with Gasteiger partial charge in [0.15, 0.2) is 0 Å². The summed E-state index contributed by atoms with van der Waals surface area (Å²) in [7, 11) is 0. The van der Waals surface area contributed by atoms with Crippen LogP contribution in [-0.4, -0.2) is 27.6 Å². The largest absolute Gasteiger partial charge is 0.312 e. The van der Waals surface area contributed by atoms with Crippen LogP contribution in [0.15, 0.2) is 12.4 Å². The Morgan fingerprint density at radius 1 is 1.47 bits per heavy atom. The molecule has 2 atom stereocenters. The Hall–Kier alpha value is -0.900. The lowest BCUT2D eigenvalue weighted by atomic mass is 9.87. The van der Waals surface area contributed by atoms with E-state index in [0.717, 1.165) is 25.0 Å². The van der Waals surface area contributed by atoms with E-state index in [-0.39, 0.29) is 0 Å². The summed E-state index contributed by atoms with van der Waals surface area (Å²) in [5.74, 6) is 0.891. The van der Waals surface area contributed by atoms with Crippen LogP contribution in [0.1, 0.15) is 32.6 Å². The van der Waals surface area contributed by atoms with Gasteiger partial charge < -0.3 is 5.32 Å². The highest BCUT2D eigenvalue weighted by molar-refractivity contribution is 4.75. The zero-order chi connectivity index (χ0) is 10.5. The van der Waals surface area contributed by atoms with Crippen LogP contribution < -0.4 is 5.32 Å². The third kappa shape index (κ3) is 3.30. The van der Waals surface area contributed by atoms with Crippen molar-refractivity contribution in [2.45, 2.75) is 45.2 Å². The molecule has 1 heterocycles. The fraction of sp³-hybridized carbons (Fsp3) is 0.818. The van der Waals surface area contributed by atoms with Gasteiger partial charge in [0, 0.05) is 18.8 Å². The van der Waals surface area contributed by atoms with E-state index in [1.807, 2.05) is 10.9 Å². The first-order valence-corrected chi connectivity index (χ1v) is 5.92. The zero-order valence-corrected chi connectivity index (χ0v) is 9.39. The second kappa shape index (κ2) is 5.26. The van der Waals surface area contributed by atoms with E-state index < -0.39 is 0 Å². The molecule has 1 aromatic rings. The van der Waals surface area contributed by atoms with Gasteiger partial charge in [-0.05, 0) is 18.8 Å². The van der Waals surface area contributed by atoms with Crippen LogP contribution >= 0.6 is 0 Å². The lowest BCUT2D eigenvalue weighted by molar-refractivity contribution is 0.298. The molecule has 0 radical (unpaired) electrons. The Balaban J connectivity index is 1.65. The lowest BCUT2D eigenvalue weighted by Crippen LogP contribution is -2.35. The summed E-state index contributed by atoms with van der Waals surface area (Å²) in [4.78, 5) is 0. The standard InChI is InChI=1S/C11H20N4/c1-10-3-2-4-11(9-10)12-5-7-15-8-6-13-14-15/h6,8,10-12H,2-5,7,9H2,1H3. The highest BCUT2D eigenvalue weighted by atomic mass is 15.4. The first-order chi connectivity index (χ1) is 7.34. The van der Waals surface area contributed by atoms with Gasteiger partial charge in [-0.3, -0.25) is 4.68 Å². The normalized spacial score (nSPS) is 26.7. The topological polar surface area (TPSA) is 42.7 Å². The molecule has 1 saturated carbocycles. The van der Waals surface area contributed by atoms with Crippen LogP contribution in [0.4, 0.5) is 0 Å². The molecule has 1 aliphatic carbocycles. The molecule has 1 aliphatic rings. The van der Waals surface area contributed by atoms with Crippen molar-refractivity contribution in [2.24, 2.45) is 5.92 Å². The Morgan fingerprint density at radius 3 is 3.13 bits per heavy atom. The second-order valence-corrected chi connectivity index (χ2v) is 4.59. The molecule has 0 amide bonds. The van der Waals surface area contributed by atoms with Gasteiger partial charge in [-0.15, -0.1) is 5.10 Å². The number of nitrogens with one attached hydrogen (secondary N) is 1. The van der Waals surface area contributed by atoms with Gasteiger partial charge in [-0.2, -0.15) is 0 Å². The maximum atomic E-state index is 3.94. The van der Waals surface area contributed by atoms with E-state index >= 15 is 0 Å². The second-order valence-electron chi connectivity index (χ2n) is 4.59. The van der Waals surface area contributed by atoms with Crippen molar-refractivity contribution < 1.29 is 0 Å². The number of nitrogens with zero attached hydrogens (tertiary/aromatic N) is 3. The molecule has 1 aromatic heterocycles. The predicted octanol–water partition coefficient (Wildman–Crippen LogP) is 1.45. The minimum Gasteiger partial charge on any atom is -0.312 e. The van der Waals surface area contributed by atoms with Crippen molar-refractivity contribution in [3.63, 3.8) is 0 Å². The van der Waals surface area contributed by atoms with Crippen LogP contribution in [0.2, 0.25) is 0 Å². The smallest absolute Gasteiger partial charge is 0.0692 e. The average Bonchev–Trinajstić information content (AvgIpc) is 2.71. The fourth-order valence-corrected chi connectivity index (χ4v) is 2.35. The van der Waals surface area contributed by atoms with Crippen molar-refractivity contribution in [3.05, 3.63) is 12.4 Å². The minimum absolute atomic E-state index is 0.720. The van der Waals surface area contributed by atoms with Gasteiger partial charge in [-0.25, -0.2) is 0 Å². The molecule has 84 valence electrons. The number of rotatable bonds is 4. The van der Waals surface area contributed by atoms with E-state index in [0.29, 0.717) is 0 Å². The first kappa shape index (κ1) is 10.6. The molecule has 4 nitrogen and oxygen atoms in total. The van der Waals surface area contributed by atoms with Crippen molar-refractivity contribution in [2.75, 3.05) is 6.54 Å². The molecule has 4 heteroatoms. The number of hydrogen-bond acceptors (Lipinski definition) is 3. The Labute approximate surface area is 91.1 Å². The van der Waals surface area contributed by atoms with Crippen molar-refractivity contribution in [3.8, 4) is 0 Å². The van der Waals surface area contributed by atoms with Crippen molar-refractivity contribution >= 4 is 0 Å². The van der Waals surface area contributed by atoms with E-state index in [4.69, 9.17) is 0 Å². The highest BCUT2D eigenvalue weighted by Crippen LogP contribution is 2.23. The molecule has 0 spiro atoms. The summed E-state index contributed by atoms with van der Waals surface area (Å²) in [6.07, 6.45) is 9.08. The van der Waals surface area contributed by atoms with Gasteiger partial charge in [-0.1, -0.05) is 25.0 Å². The van der Waals surface area contributed by atoms with Gasteiger partial charge in [0.1, 0.15) is 0 Å². The Morgan fingerprint density at radius 2 is 2.40 bits per heavy atom. The summed E-state index contributed by atoms with van der Waals surface area (Å²) < 4.78 is 1.87. The average molecular weight is 208 g/mol. The molecular formula is C11H20N4. The number of aromatic nitrogens is 3. The molecule has 1 fully saturated rings. The van der Waals surface area contributed by atoms with Crippen LogP contribution in [0, 0.1) is 5.92 Å². The molecule has 0 saturated heterocycles. The highest BCUT2D eigenvalue weighted by Gasteiger charge is 2.17. The van der Waals surface area contributed by atoms with E-state index in [1.54, 1.807) is 6.20 Å². The van der Waals surface area contributed by atoms with Gasteiger partial charge in [0.25, 0.3) is 0 Å². The van der Waals surface area contributed by atoms with Crippen LogP contribution in [0.5, 0.6) is 0 Å². The monoisotopic (exact) mass is 208 g/mol. The SMILES string of the molecule is CC1CCCC(NCCn2ccnn2)C1. The molecule has 0 aliphatic heterocycles. The summed E-state index contributed by atoms with van der Waals surface area (Å²) in [5, 5.41) is 11.3. The van der Waals surface area contributed by atoms with Gasteiger partial charge >= 0.3 is 0 Å². The number of hydrogen-bond donors (Lipinski definition) is 1. The van der Waals surface area contributed by atoms with Crippen molar-refractivity contribution in [1.29, 1.82) is 0 Å². The van der Waals surface area contributed by atoms with Gasteiger partial charge in [0.05, 0.1) is 12.7 Å². The molecule has 0 aromatic carbocycles. The maximum absolute atomic E-state index is 3.94. The maximum Gasteiger partial charge on any atom is 0.0692 e. The Kier molecular flexibility index (Phi) is 3.72. The third-order valence-electron chi connectivity index (χ3n) is 3.18. The zero-order valence-electron chi connectivity index (χ0n) is 9.39. The fourth-order valence-electron chi connectivity index (χ4n) is 2.35. The van der Waals surface area contributed by atoms with E-state index in [1.165, 1.54) is 25.7 Å². The first-order valence-electron chi connectivity index (χ1n) is 5.92. The van der Waals surface area contributed by atoms with Crippen LogP contribution in [-0.2, 0) is 6.54 Å². The Bertz CT molecular complexity index is 270. The third-order valence-corrected chi connectivity index (χ3v) is 3.18. The van der Waals surface area contributed by atoms with Gasteiger partial charge in [0.2, 0.25) is 0 Å². The molecule has 0 bridgehead atoms. The molecular weight excluding hydrogens is 188 g/mol. The quantitative estimate of drug-likeness (QED) is 0.814.